The molecule has 6 heteroatoms. The molecular formula is C64H111NO5. The first-order chi connectivity index (χ1) is 34.5. The minimum atomic E-state index is -0.811. The summed E-state index contributed by atoms with van der Waals surface area (Å²) in [5.74, 6) is -0.539. The molecule has 3 atom stereocenters. The Balaban J connectivity index is 4.68. The van der Waals surface area contributed by atoms with Gasteiger partial charge >= 0.3 is 5.97 Å². The summed E-state index contributed by atoms with van der Waals surface area (Å²) in [5, 5.41) is 23.9. The molecule has 0 rings (SSSR count). The van der Waals surface area contributed by atoms with E-state index in [9.17, 15) is 19.8 Å². The second-order valence-electron chi connectivity index (χ2n) is 19.9. The molecule has 1 amide bonds. The number of carbonyl (C=O) groups excluding carboxylic acids is 2. The second-order valence-corrected chi connectivity index (χ2v) is 19.9. The number of hydrogen-bond acceptors (Lipinski definition) is 5. The van der Waals surface area contributed by atoms with Crippen LogP contribution in [-0.2, 0) is 14.3 Å². The summed E-state index contributed by atoms with van der Waals surface area (Å²) in [6.07, 6.45) is 76.1. The highest BCUT2D eigenvalue weighted by atomic mass is 16.5. The summed E-state index contributed by atoms with van der Waals surface area (Å²) >= 11 is 0. The number of amides is 1. The van der Waals surface area contributed by atoms with Crippen molar-refractivity contribution in [3.63, 3.8) is 0 Å². The quantitative estimate of drug-likeness (QED) is 0.0321. The number of unbranched alkanes of at least 4 members (excludes halogenated alkanes) is 30. The molecule has 0 aliphatic heterocycles. The molecule has 0 fully saturated rings. The van der Waals surface area contributed by atoms with E-state index in [0.29, 0.717) is 19.3 Å². The van der Waals surface area contributed by atoms with Crippen LogP contribution in [0.1, 0.15) is 271 Å². The Morgan fingerprint density at radius 1 is 0.414 bits per heavy atom. The van der Waals surface area contributed by atoms with Crippen LogP contribution in [0.5, 0.6) is 0 Å². The molecule has 0 saturated heterocycles. The van der Waals surface area contributed by atoms with Crippen molar-refractivity contribution in [1.29, 1.82) is 0 Å². The highest BCUT2D eigenvalue weighted by Gasteiger charge is 2.24. The van der Waals surface area contributed by atoms with Gasteiger partial charge in [-0.25, -0.2) is 0 Å². The number of hydrogen-bond donors (Lipinski definition) is 3. The van der Waals surface area contributed by atoms with Crippen molar-refractivity contribution in [3.8, 4) is 0 Å². The van der Waals surface area contributed by atoms with Crippen molar-refractivity contribution in [2.24, 2.45) is 0 Å². The fourth-order valence-electron chi connectivity index (χ4n) is 8.58. The maximum atomic E-state index is 13.3. The lowest BCUT2D eigenvalue weighted by molar-refractivity contribution is -0.151. The minimum Gasteiger partial charge on any atom is -0.462 e. The number of carbonyl (C=O) groups is 2. The molecule has 0 aliphatic carbocycles. The molecular weight excluding hydrogens is 863 g/mol. The van der Waals surface area contributed by atoms with E-state index < -0.39 is 18.2 Å². The van der Waals surface area contributed by atoms with Crippen LogP contribution in [0.3, 0.4) is 0 Å². The van der Waals surface area contributed by atoms with E-state index in [2.05, 4.69) is 86.8 Å². The van der Waals surface area contributed by atoms with Gasteiger partial charge in [0, 0.05) is 6.42 Å². The van der Waals surface area contributed by atoms with Crippen LogP contribution in [0, 0.1) is 0 Å². The predicted octanol–water partition coefficient (Wildman–Crippen LogP) is 18.5. The summed E-state index contributed by atoms with van der Waals surface area (Å²) in [7, 11) is 0. The summed E-state index contributed by atoms with van der Waals surface area (Å²) in [5.41, 5.74) is 0. The van der Waals surface area contributed by atoms with Crippen LogP contribution >= 0.6 is 0 Å². The van der Waals surface area contributed by atoms with Crippen molar-refractivity contribution >= 4 is 11.9 Å². The Labute approximate surface area is 433 Å². The lowest BCUT2D eigenvalue weighted by atomic mass is 10.0. The summed E-state index contributed by atoms with van der Waals surface area (Å²) in [6, 6.07) is -0.728. The van der Waals surface area contributed by atoms with Gasteiger partial charge in [-0.3, -0.25) is 9.59 Å². The van der Waals surface area contributed by atoms with Crippen molar-refractivity contribution < 1.29 is 24.5 Å². The molecule has 0 saturated carbocycles. The molecule has 0 aromatic carbocycles. The van der Waals surface area contributed by atoms with Gasteiger partial charge in [0.25, 0.3) is 0 Å². The Bertz CT molecular complexity index is 1370. The minimum absolute atomic E-state index is 0.0363. The van der Waals surface area contributed by atoms with E-state index in [0.717, 1.165) is 96.3 Å². The van der Waals surface area contributed by atoms with Gasteiger partial charge in [0.1, 0.15) is 6.10 Å². The third kappa shape index (κ3) is 51.1. The molecule has 6 nitrogen and oxygen atoms in total. The van der Waals surface area contributed by atoms with Gasteiger partial charge in [-0.1, -0.05) is 285 Å². The molecule has 0 spiro atoms. The van der Waals surface area contributed by atoms with Crippen LogP contribution in [0.4, 0.5) is 0 Å². The van der Waals surface area contributed by atoms with E-state index in [-0.39, 0.29) is 24.9 Å². The van der Waals surface area contributed by atoms with Gasteiger partial charge in [0.15, 0.2) is 0 Å². The highest BCUT2D eigenvalue weighted by molar-refractivity contribution is 5.77. The fourth-order valence-corrected chi connectivity index (χ4v) is 8.58. The lowest BCUT2D eigenvalue weighted by Gasteiger charge is -2.24. The molecule has 0 bridgehead atoms. The smallest absolute Gasteiger partial charge is 0.306 e. The van der Waals surface area contributed by atoms with Gasteiger partial charge < -0.3 is 20.3 Å². The molecule has 402 valence electrons. The maximum Gasteiger partial charge on any atom is 0.306 e. The second kappa shape index (κ2) is 56.7. The van der Waals surface area contributed by atoms with Crippen LogP contribution < -0.4 is 5.32 Å². The lowest BCUT2D eigenvalue weighted by Crippen LogP contribution is -2.46. The van der Waals surface area contributed by atoms with Crippen molar-refractivity contribution in [2.75, 3.05) is 6.61 Å². The zero-order valence-corrected chi connectivity index (χ0v) is 45.9. The largest absolute Gasteiger partial charge is 0.462 e. The average Bonchev–Trinajstić information content (AvgIpc) is 3.35. The monoisotopic (exact) mass is 974 g/mol. The first-order valence-corrected chi connectivity index (χ1v) is 29.6. The number of aliphatic hydroxyl groups is 2. The van der Waals surface area contributed by atoms with Gasteiger partial charge in [0.05, 0.1) is 25.2 Å². The number of aliphatic hydroxyl groups excluding tert-OH is 2. The molecule has 0 aromatic heterocycles. The normalized spacial score (nSPS) is 13.8. The molecule has 3 unspecified atom stereocenters. The van der Waals surface area contributed by atoms with E-state index >= 15 is 0 Å². The molecule has 0 aliphatic rings. The Morgan fingerprint density at radius 3 is 1.17 bits per heavy atom. The average molecular weight is 975 g/mol. The molecule has 0 aromatic rings. The summed E-state index contributed by atoms with van der Waals surface area (Å²) in [6.45, 7) is 6.38. The Kier molecular flexibility index (Phi) is 54.1. The van der Waals surface area contributed by atoms with Crippen molar-refractivity contribution in [1.82, 2.24) is 5.32 Å². The van der Waals surface area contributed by atoms with Gasteiger partial charge in [0.2, 0.25) is 5.91 Å². The number of rotatable bonds is 52. The maximum absolute atomic E-state index is 13.3. The van der Waals surface area contributed by atoms with Crippen molar-refractivity contribution in [3.05, 3.63) is 97.2 Å². The summed E-state index contributed by atoms with van der Waals surface area (Å²) in [4.78, 5) is 26.3. The number of allylic oxidation sites excluding steroid dienone is 16. The van der Waals surface area contributed by atoms with E-state index in [1.165, 1.54) is 128 Å². The topological polar surface area (TPSA) is 95.9 Å². The molecule has 0 heterocycles. The highest BCUT2D eigenvalue weighted by Crippen LogP contribution is 2.18. The van der Waals surface area contributed by atoms with Crippen molar-refractivity contribution in [2.45, 2.75) is 289 Å². The molecule has 3 N–H and O–H groups in total. The van der Waals surface area contributed by atoms with Crippen LogP contribution in [0.2, 0.25) is 0 Å². The first-order valence-electron chi connectivity index (χ1n) is 29.6. The zero-order chi connectivity index (χ0) is 50.9. The first kappa shape index (κ1) is 66.8. The third-order valence-corrected chi connectivity index (χ3v) is 13.1. The van der Waals surface area contributed by atoms with Gasteiger partial charge in [-0.2, -0.15) is 0 Å². The number of ether oxygens (including phenoxy) is 1. The summed E-state index contributed by atoms with van der Waals surface area (Å²) < 4.78 is 5.94. The fraction of sp³-hybridized carbons (Fsp3) is 0.719. The SMILES string of the molecule is CCC/C=C/C=C/C=C/C=C/C=C/CCCCCC(CC(=O)NC(CO)C(O)CCCCCCCCCCCCCCCCCCC)OC(=O)CCCCCCC/C=C/C=C/C=C/CCCCCCC. The Hall–Kier alpha value is -3.22. The van der Waals surface area contributed by atoms with Crippen LogP contribution in [-0.4, -0.2) is 46.9 Å². The Morgan fingerprint density at radius 2 is 0.757 bits per heavy atom. The third-order valence-electron chi connectivity index (χ3n) is 13.1. The number of nitrogens with one attached hydrogen (secondary N) is 1. The van der Waals surface area contributed by atoms with E-state index in [4.69, 9.17) is 4.74 Å². The van der Waals surface area contributed by atoms with Gasteiger partial charge in [-0.05, 0) is 70.6 Å². The van der Waals surface area contributed by atoms with E-state index in [1.54, 1.807) is 0 Å². The standard InChI is InChI=1S/C64H111NO5/c1-4-7-10-13-16-19-22-25-28-31-33-36-39-42-45-48-51-54-57-64(69)70-60(55-52-49-46-43-40-37-34-30-27-24-21-18-15-12-9-6-3)58-63(68)65-61(59-66)62(67)56-53-50-47-44-41-38-35-32-29-26-23-20-17-14-11-8-5-2/h12,15,18,21-22,24-25,27-28,30-31,33-34,36-37,40,60-62,66-67H,4-11,13-14,16-17,19-20,23,26,29,32,35,38-39,41-59H2,1-3H3,(H,65,68)/b15-12+,21-18+,25-22+,27-24+,31-28+,34-30+,36-33+,40-37+. The van der Waals surface area contributed by atoms with Gasteiger partial charge in [-0.15, -0.1) is 0 Å². The predicted molar refractivity (Wildman–Crippen MR) is 305 cm³/mol. The van der Waals surface area contributed by atoms with E-state index in [1.807, 2.05) is 36.5 Å². The van der Waals surface area contributed by atoms with Crippen LogP contribution in [0.25, 0.3) is 0 Å². The number of esters is 1. The van der Waals surface area contributed by atoms with Crippen LogP contribution in [0.15, 0.2) is 97.2 Å². The zero-order valence-electron chi connectivity index (χ0n) is 45.9. The molecule has 0 radical (unpaired) electrons. The molecule has 70 heavy (non-hydrogen) atoms.